The van der Waals surface area contributed by atoms with Crippen molar-refractivity contribution in [2.75, 3.05) is 18.9 Å². The number of fused-ring (bicyclic) bond motifs is 15. The number of hydrogen-bond acceptors (Lipinski definition) is 23. The molecule has 606 valence electrons. The number of phenolic OH excluding ortho intramolecular Hbond substituents is 3. The summed E-state index contributed by atoms with van der Waals surface area (Å²) in [7, 11) is 1.48. The molecule has 10 aliphatic rings. The Morgan fingerprint density at radius 1 is 0.632 bits per heavy atom. The third kappa shape index (κ3) is 17.5. The number of ether oxygens (including phenoxy) is 4. The Kier molecular flexibility index (Phi) is 24.6. The smallest absolute Gasteiger partial charge is 0.325 e. The average Bonchev–Trinajstić information content (AvgIpc) is 0.755. The number of phenols is 3. The second-order valence-electron chi connectivity index (χ2n) is 30.7. The largest absolute Gasteiger partial charge is 0.508 e. The number of anilines is 1. The normalized spacial score (nSPS) is 28.0. The molecule has 114 heavy (non-hydrogen) atoms. The second kappa shape index (κ2) is 34.4. The Labute approximate surface area is 663 Å². The Balaban J connectivity index is 0.991. The van der Waals surface area contributed by atoms with Crippen LogP contribution in [-0.4, -0.2) is 169 Å². The van der Waals surface area contributed by atoms with Gasteiger partial charge >= 0.3 is 6.03 Å². The summed E-state index contributed by atoms with van der Waals surface area (Å²) in [5, 5.41) is 120. The van der Waals surface area contributed by atoms with E-state index in [4.69, 9.17) is 47.9 Å². The first kappa shape index (κ1) is 81.6. The molecule has 32 nitrogen and oxygen atoms in total. The van der Waals surface area contributed by atoms with Crippen LogP contribution in [0, 0.1) is 29.6 Å². The number of aromatic hydroxyl groups is 3. The van der Waals surface area contributed by atoms with Gasteiger partial charge in [-0.05, 0) is 188 Å². The van der Waals surface area contributed by atoms with Crippen molar-refractivity contribution in [3.8, 4) is 57.1 Å². The van der Waals surface area contributed by atoms with Crippen molar-refractivity contribution in [2.45, 2.75) is 176 Å². The monoisotopic (exact) mass is 1610 g/mol. The van der Waals surface area contributed by atoms with Crippen molar-refractivity contribution >= 4 is 82.2 Å². The lowest BCUT2D eigenvalue weighted by Crippen LogP contribution is -2.60. The van der Waals surface area contributed by atoms with Gasteiger partial charge in [0.2, 0.25) is 59.3 Å². The highest BCUT2D eigenvalue weighted by molar-refractivity contribution is 6.32. The second-order valence-corrected chi connectivity index (χ2v) is 31.5. The van der Waals surface area contributed by atoms with Crippen LogP contribution in [0.3, 0.4) is 0 Å². The highest BCUT2D eigenvalue weighted by Gasteiger charge is 2.51. The number of hydrogen-bond donors (Lipinski definition) is 19. The number of aliphatic hydroxyl groups is 5. The molecule has 1 saturated heterocycles. The number of aliphatic hydroxyl groups excluding tert-OH is 5. The van der Waals surface area contributed by atoms with Gasteiger partial charge in [-0.2, -0.15) is 0 Å². The number of halogens is 2. The molecule has 34 heteroatoms. The van der Waals surface area contributed by atoms with E-state index in [2.05, 4.69) is 53.2 Å². The van der Waals surface area contributed by atoms with E-state index in [-0.39, 0.29) is 90.8 Å². The predicted molar refractivity (Wildman–Crippen MR) is 409 cm³/mol. The van der Waals surface area contributed by atoms with E-state index in [9.17, 15) is 55.2 Å². The van der Waals surface area contributed by atoms with Crippen LogP contribution in [0.2, 0.25) is 10.0 Å². The number of nitrogens with two attached hydrogens (primary N) is 1. The summed E-state index contributed by atoms with van der Waals surface area (Å²) in [6.45, 7) is 5.23. The summed E-state index contributed by atoms with van der Waals surface area (Å²) in [5.74, 6) is -13.2. The maximum Gasteiger partial charge on any atom is 0.325 e. The SMILES string of the molecule is CCCCc1ccc(NC(=O)NC(=O)CC2NC(=O)C(NC(=O)[C@@H](CC(C)C)NC)[C@H](O)c3ccc(c(Cl)c3)Oc3cc4cc(c3O[C@H]3O[C@H](CN)[C@@H](O)[C@H](O)[C@H]3O)Oc3ccc(cc3Cl)[C@@H](O)[C@@H]3NC(=O)[C@H](NC(=O)C4NC2=O)c2ccc(O)c(c2)-c2c(O)cc(O)cc2[C@H](C(=O)NC2C4CC5CC(C4)CC2C5)NC3=O)cc1. The summed E-state index contributed by atoms with van der Waals surface area (Å²) in [4.78, 5) is 137. The van der Waals surface area contributed by atoms with Crippen molar-refractivity contribution < 1.29 is 103 Å². The van der Waals surface area contributed by atoms with Crippen molar-refractivity contribution in [3.63, 3.8) is 0 Å². The molecule has 15 bridgehead atoms. The first-order valence-electron chi connectivity index (χ1n) is 37.9. The van der Waals surface area contributed by atoms with E-state index < -0.39 is 192 Å². The van der Waals surface area contributed by atoms with Crippen LogP contribution < -0.4 is 73.1 Å². The Morgan fingerprint density at radius 3 is 1.86 bits per heavy atom. The molecule has 3 unspecified atom stereocenters. The molecule has 4 saturated carbocycles. The number of imide groups is 1. The Morgan fingerprint density at radius 2 is 1.25 bits per heavy atom. The fourth-order valence-electron chi connectivity index (χ4n) is 16.7. The van der Waals surface area contributed by atoms with Gasteiger partial charge in [0.1, 0.15) is 102 Å². The van der Waals surface area contributed by atoms with Crippen molar-refractivity contribution in [1.29, 1.82) is 0 Å². The van der Waals surface area contributed by atoms with Crippen molar-refractivity contribution in [2.24, 2.45) is 35.3 Å². The molecule has 0 aromatic heterocycles. The molecule has 6 aliphatic heterocycles. The number of unbranched alkanes of at least 4 members (excludes halogenated alkanes) is 1. The van der Waals surface area contributed by atoms with E-state index in [1.807, 2.05) is 20.8 Å². The van der Waals surface area contributed by atoms with Gasteiger partial charge in [0.15, 0.2) is 11.5 Å². The molecule has 16 rings (SSSR count). The van der Waals surface area contributed by atoms with Gasteiger partial charge in [0, 0.05) is 35.5 Å². The van der Waals surface area contributed by atoms with Gasteiger partial charge in [0.25, 0.3) is 0 Å². The molecule has 10 amide bonds. The van der Waals surface area contributed by atoms with Gasteiger partial charge < -0.3 is 113 Å². The minimum atomic E-state index is -2.36. The lowest BCUT2D eigenvalue weighted by Gasteiger charge is -2.54. The summed E-state index contributed by atoms with van der Waals surface area (Å²) in [5.41, 5.74) is 5.10. The summed E-state index contributed by atoms with van der Waals surface area (Å²) in [6.07, 6.45) is -7.56. The van der Waals surface area contributed by atoms with Crippen LogP contribution in [0.5, 0.6) is 46.0 Å². The number of amides is 10. The van der Waals surface area contributed by atoms with E-state index >= 15 is 28.8 Å². The molecular formula is C80H91Cl2N11O21. The molecule has 4 aliphatic carbocycles. The lowest BCUT2D eigenvalue weighted by atomic mass is 9.54. The van der Waals surface area contributed by atoms with Crippen LogP contribution in [-0.2, 0) is 49.5 Å². The maximum absolute atomic E-state index is 16.4. The van der Waals surface area contributed by atoms with E-state index in [1.54, 1.807) is 24.3 Å². The standard InChI is InChI=1S/C80H91Cl2N11O21/c1-5-6-7-34-8-13-43(14-9-34)85-80(110)87-58(97)31-50-73(104)89-62-42-27-55(111-53-16-11-38(25-47(53)81)66(98)64(77(108)86-50)92-72(103)49(84-4)18-33(2)3)71(114-79-70(102)69(101)68(100)57(32-83)113-79)56(28-42)112-54-17-12-39(26-48(54)82)67(99)65-78(109)91-63(76(107)88-60-40-20-35-19-36(22-40)23-41(60)21-35)46-29-44(94)30-52(96)59(46)45-24-37(10-15-51(45)95)61(74(105)93-65)90-75(62)106/h8-17,24-30,33,35-36,40-41,49-50,57,60-70,79,84,94-96,98-102H,5-7,18-23,31-32,83H2,1-4H3,(H,86,108)(H,88,107)(H,89,104)(H,90,106)(H,91,109)(H,92,103)(H,93,105)(H2,85,87,97,110)/t35?,36?,40?,41?,49-,50?,57-,60?,61-,62?,63-,64?,65+,66-,67-,68-,69+,70-,79-/m1/s1. The first-order valence-corrected chi connectivity index (χ1v) is 38.6. The summed E-state index contributed by atoms with van der Waals surface area (Å²) in [6, 6.07) is 5.88. The molecule has 5 fully saturated rings. The van der Waals surface area contributed by atoms with Crippen LogP contribution in [0.1, 0.15) is 142 Å². The topological polar surface area (TPSA) is 499 Å². The minimum Gasteiger partial charge on any atom is -0.508 e. The third-order valence-corrected chi connectivity index (χ3v) is 22.9. The zero-order valence-corrected chi connectivity index (χ0v) is 63.9. The molecule has 0 radical (unpaired) electrons. The zero-order valence-electron chi connectivity index (χ0n) is 62.4. The fraction of sp³-hybridized carbons (Fsp3) is 0.438. The molecular weight excluding hydrogens is 1520 g/mol. The molecule has 6 aromatic carbocycles. The number of urea groups is 1. The quantitative estimate of drug-likeness (QED) is 0.0613. The van der Waals surface area contributed by atoms with Gasteiger partial charge in [0.05, 0.1) is 22.5 Å². The van der Waals surface area contributed by atoms with E-state index in [0.29, 0.717) is 11.8 Å². The van der Waals surface area contributed by atoms with E-state index in [1.165, 1.54) is 31.3 Å². The van der Waals surface area contributed by atoms with Gasteiger partial charge in [-0.15, -0.1) is 0 Å². The van der Waals surface area contributed by atoms with Gasteiger partial charge in [-0.25, -0.2) is 4.79 Å². The summed E-state index contributed by atoms with van der Waals surface area (Å²) >= 11 is 14.3. The predicted octanol–water partition coefficient (Wildman–Crippen LogP) is 4.90. The number of rotatable bonds is 16. The number of likely N-dealkylation sites (N-methyl/N-ethyl adjacent to an activating group) is 1. The molecule has 14 atom stereocenters. The van der Waals surface area contributed by atoms with Crippen LogP contribution >= 0.6 is 23.2 Å². The number of carbonyl (C=O) groups is 9. The lowest BCUT2D eigenvalue weighted by molar-refractivity contribution is -0.270. The molecule has 20 N–H and O–H groups in total. The number of carbonyl (C=O) groups excluding carboxylic acids is 9. The fourth-order valence-corrected chi connectivity index (χ4v) is 17.1. The highest BCUT2D eigenvalue weighted by Crippen LogP contribution is 2.55. The zero-order chi connectivity index (χ0) is 81.4. The van der Waals surface area contributed by atoms with Crippen molar-refractivity contribution in [3.05, 3.63) is 147 Å². The highest BCUT2D eigenvalue weighted by atomic mass is 35.5. The minimum absolute atomic E-state index is 0.0734. The Hall–Kier alpha value is -10.4. The number of benzene rings is 6. The van der Waals surface area contributed by atoms with Crippen molar-refractivity contribution in [1.82, 2.24) is 47.9 Å². The number of aryl methyl sites for hydroxylation is 1. The molecule has 6 heterocycles. The van der Waals surface area contributed by atoms with Crippen LogP contribution in [0.4, 0.5) is 10.5 Å². The van der Waals surface area contributed by atoms with Gasteiger partial charge in [-0.3, -0.25) is 43.7 Å². The average molecular weight is 1610 g/mol. The first-order chi connectivity index (χ1) is 54.4. The Bertz CT molecular complexity index is 4700. The number of nitrogens with one attached hydrogen (secondary N) is 10. The molecule has 6 aromatic rings. The summed E-state index contributed by atoms with van der Waals surface area (Å²) < 4.78 is 25.6. The van der Waals surface area contributed by atoms with Crippen LogP contribution in [0.15, 0.2) is 103 Å². The molecule has 0 spiro atoms. The van der Waals surface area contributed by atoms with E-state index in [0.717, 1.165) is 112 Å². The van der Waals surface area contributed by atoms with Crippen LogP contribution in [0.25, 0.3) is 11.1 Å². The third-order valence-electron chi connectivity index (χ3n) is 22.3. The van der Waals surface area contributed by atoms with Gasteiger partial charge in [-0.1, -0.05) is 80.7 Å². The maximum atomic E-state index is 16.4.